The highest BCUT2D eigenvalue weighted by Gasteiger charge is 2.07. The van der Waals surface area contributed by atoms with Gasteiger partial charge in [0.1, 0.15) is 5.01 Å². The molecule has 0 atom stereocenters. The summed E-state index contributed by atoms with van der Waals surface area (Å²) < 4.78 is 0. The molecule has 1 heterocycles. The van der Waals surface area contributed by atoms with E-state index in [1.165, 1.54) is 16.9 Å². The van der Waals surface area contributed by atoms with Crippen LogP contribution in [0.5, 0.6) is 0 Å². The summed E-state index contributed by atoms with van der Waals surface area (Å²) in [6.45, 7) is 4.43. The number of hydrogen-bond acceptors (Lipinski definition) is 3. The van der Waals surface area contributed by atoms with Crippen molar-refractivity contribution in [2.45, 2.75) is 26.7 Å². The van der Waals surface area contributed by atoms with Gasteiger partial charge in [-0.25, -0.2) is 4.98 Å². The Morgan fingerprint density at radius 1 is 1.32 bits per heavy atom. The van der Waals surface area contributed by atoms with E-state index in [0.717, 1.165) is 22.7 Å². The molecule has 0 aliphatic heterocycles. The van der Waals surface area contributed by atoms with Gasteiger partial charge >= 0.3 is 0 Å². The van der Waals surface area contributed by atoms with Gasteiger partial charge in [0.15, 0.2) is 0 Å². The maximum absolute atomic E-state index is 10.9. The molecule has 0 bridgehead atoms. The average Bonchev–Trinajstić information content (AvgIpc) is 2.76. The van der Waals surface area contributed by atoms with E-state index in [4.69, 9.17) is 5.73 Å². The summed E-state index contributed by atoms with van der Waals surface area (Å²) in [7, 11) is 0. The van der Waals surface area contributed by atoms with Crippen LogP contribution >= 0.6 is 11.3 Å². The first-order valence-corrected chi connectivity index (χ1v) is 7.24. The number of amides is 1. The highest BCUT2D eigenvalue weighted by molar-refractivity contribution is 7.10. The van der Waals surface area contributed by atoms with Crippen LogP contribution in [0.3, 0.4) is 0 Å². The number of rotatable bonds is 5. The smallest absolute Gasteiger partial charge is 0.224 e. The molecule has 0 aliphatic carbocycles. The first kappa shape index (κ1) is 13.7. The minimum atomic E-state index is -0.340. The first-order valence-electron chi connectivity index (χ1n) is 6.36. The van der Waals surface area contributed by atoms with E-state index in [1.54, 1.807) is 0 Å². The van der Waals surface area contributed by atoms with Crippen LogP contribution in [0.4, 0.5) is 0 Å². The molecule has 2 N–H and O–H groups in total. The van der Waals surface area contributed by atoms with Gasteiger partial charge in [-0.3, -0.25) is 4.79 Å². The number of hydrogen-bond donors (Lipinski definition) is 1. The van der Waals surface area contributed by atoms with Crippen molar-refractivity contribution in [2.24, 2.45) is 11.7 Å². The molecule has 0 saturated carbocycles. The van der Waals surface area contributed by atoms with Gasteiger partial charge < -0.3 is 5.73 Å². The second-order valence-corrected chi connectivity index (χ2v) is 6.01. The van der Waals surface area contributed by atoms with Gasteiger partial charge in [0.2, 0.25) is 5.91 Å². The lowest BCUT2D eigenvalue weighted by molar-refractivity contribution is -0.117. The Hall–Kier alpha value is -1.68. The second kappa shape index (κ2) is 5.97. The molecule has 0 spiro atoms. The van der Waals surface area contributed by atoms with Gasteiger partial charge in [-0.05, 0) is 17.9 Å². The molecule has 1 aromatic heterocycles. The molecule has 3 nitrogen and oxygen atoms in total. The summed E-state index contributed by atoms with van der Waals surface area (Å²) in [5.74, 6) is 0.320. The summed E-state index contributed by atoms with van der Waals surface area (Å²) in [6, 6.07) is 8.45. The van der Waals surface area contributed by atoms with E-state index in [0.29, 0.717) is 5.92 Å². The number of carbonyl (C=O) groups excluding carboxylic acids is 1. The van der Waals surface area contributed by atoms with Crippen molar-refractivity contribution < 1.29 is 4.79 Å². The lowest BCUT2D eigenvalue weighted by Crippen LogP contribution is -2.13. The minimum Gasteiger partial charge on any atom is -0.369 e. The molecular weight excluding hydrogens is 256 g/mol. The molecule has 2 rings (SSSR count). The molecule has 2 aromatic rings. The van der Waals surface area contributed by atoms with Gasteiger partial charge in [0.25, 0.3) is 0 Å². The topological polar surface area (TPSA) is 56.0 Å². The maximum Gasteiger partial charge on any atom is 0.224 e. The van der Waals surface area contributed by atoms with Gasteiger partial charge in [-0.2, -0.15) is 0 Å². The number of nitrogens with two attached hydrogens (primary N) is 1. The van der Waals surface area contributed by atoms with E-state index in [9.17, 15) is 4.79 Å². The molecule has 4 heteroatoms. The van der Waals surface area contributed by atoms with E-state index >= 15 is 0 Å². The molecule has 19 heavy (non-hydrogen) atoms. The van der Waals surface area contributed by atoms with Crippen LogP contribution in [0, 0.1) is 5.92 Å². The van der Waals surface area contributed by atoms with Crippen molar-refractivity contribution in [3.63, 3.8) is 0 Å². The quantitative estimate of drug-likeness (QED) is 0.911. The zero-order valence-corrected chi connectivity index (χ0v) is 12.0. The summed E-state index contributed by atoms with van der Waals surface area (Å²) in [4.78, 5) is 15.3. The van der Waals surface area contributed by atoms with Crippen LogP contribution in [0.1, 0.15) is 24.4 Å². The number of aromatic nitrogens is 1. The van der Waals surface area contributed by atoms with Crippen LogP contribution < -0.4 is 5.73 Å². The predicted octanol–water partition coefficient (Wildman–Crippen LogP) is 3.04. The molecule has 0 aliphatic rings. The van der Waals surface area contributed by atoms with Crippen molar-refractivity contribution >= 4 is 17.2 Å². The van der Waals surface area contributed by atoms with Crippen LogP contribution in [-0.4, -0.2) is 10.9 Å². The Morgan fingerprint density at radius 2 is 2.00 bits per heavy atom. The van der Waals surface area contributed by atoms with Crippen LogP contribution in [0.2, 0.25) is 0 Å². The maximum atomic E-state index is 10.9. The number of thiazole rings is 1. The van der Waals surface area contributed by atoms with Crippen molar-refractivity contribution in [1.82, 2.24) is 4.98 Å². The highest BCUT2D eigenvalue weighted by atomic mass is 32.1. The van der Waals surface area contributed by atoms with Crippen LogP contribution in [0.15, 0.2) is 29.6 Å². The molecule has 0 fully saturated rings. The van der Waals surface area contributed by atoms with E-state index in [2.05, 4.69) is 43.1 Å². The average molecular weight is 274 g/mol. The largest absolute Gasteiger partial charge is 0.369 e. The molecule has 100 valence electrons. The number of carbonyl (C=O) groups is 1. The fourth-order valence-electron chi connectivity index (χ4n) is 1.96. The van der Waals surface area contributed by atoms with Crippen molar-refractivity contribution in [3.05, 3.63) is 40.2 Å². The molecule has 0 saturated heterocycles. The number of nitrogens with zero attached hydrogens (tertiary/aromatic N) is 1. The minimum absolute atomic E-state index is 0.218. The van der Waals surface area contributed by atoms with E-state index in [1.807, 2.05) is 5.38 Å². The van der Waals surface area contributed by atoms with Crippen molar-refractivity contribution in [3.8, 4) is 11.3 Å². The van der Waals surface area contributed by atoms with Gasteiger partial charge in [-0.1, -0.05) is 38.1 Å². The zero-order chi connectivity index (χ0) is 13.8. The summed E-state index contributed by atoms with van der Waals surface area (Å²) in [5.41, 5.74) is 8.50. The molecule has 0 radical (unpaired) electrons. The third-order valence-electron chi connectivity index (χ3n) is 2.77. The first-order chi connectivity index (χ1) is 9.04. The second-order valence-electron chi connectivity index (χ2n) is 5.06. The van der Waals surface area contributed by atoms with E-state index < -0.39 is 0 Å². The summed E-state index contributed by atoms with van der Waals surface area (Å²) in [6.07, 6.45) is 1.31. The Labute approximate surface area is 117 Å². The van der Waals surface area contributed by atoms with Crippen molar-refractivity contribution in [1.29, 1.82) is 0 Å². The molecule has 1 amide bonds. The third kappa shape index (κ3) is 3.89. The van der Waals surface area contributed by atoms with Crippen LogP contribution in [-0.2, 0) is 17.6 Å². The standard InChI is InChI=1S/C15H18N2OS/c1-10(2)7-11-3-5-12(6-4-11)13-9-19-15(17-13)8-14(16)18/h3-6,9-10H,7-8H2,1-2H3,(H2,16,18). The SMILES string of the molecule is CC(C)Cc1ccc(-c2csc(CC(N)=O)n2)cc1. The van der Waals surface area contributed by atoms with Gasteiger partial charge in [0.05, 0.1) is 12.1 Å². The fourth-order valence-corrected chi connectivity index (χ4v) is 2.77. The Kier molecular flexibility index (Phi) is 4.32. The number of primary amides is 1. The zero-order valence-electron chi connectivity index (χ0n) is 11.2. The Balaban J connectivity index is 2.13. The number of benzene rings is 1. The molecule has 0 unspecified atom stereocenters. The summed E-state index contributed by atoms with van der Waals surface area (Å²) in [5, 5.41) is 2.74. The van der Waals surface area contributed by atoms with E-state index in [-0.39, 0.29) is 12.3 Å². The van der Waals surface area contributed by atoms with Crippen molar-refractivity contribution in [2.75, 3.05) is 0 Å². The van der Waals surface area contributed by atoms with Gasteiger partial charge in [0, 0.05) is 10.9 Å². The predicted molar refractivity (Wildman–Crippen MR) is 79.0 cm³/mol. The lowest BCUT2D eigenvalue weighted by atomic mass is 10.0. The third-order valence-corrected chi connectivity index (χ3v) is 3.62. The summed E-state index contributed by atoms with van der Waals surface area (Å²) >= 11 is 1.48. The fraction of sp³-hybridized carbons (Fsp3) is 0.333. The van der Waals surface area contributed by atoms with Gasteiger partial charge in [-0.15, -0.1) is 11.3 Å². The molecular formula is C15H18N2OS. The highest BCUT2D eigenvalue weighted by Crippen LogP contribution is 2.23. The lowest BCUT2D eigenvalue weighted by Gasteiger charge is -2.05. The Bertz CT molecular complexity index is 558. The monoisotopic (exact) mass is 274 g/mol. The normalized spacial score (nSPS) is 10.9. The molecule has 1 aromatic carbocycles. The Morgan fingerprint density at radius 3 is 2.58 bits per heavy atom. The van der Waals surface area contributed by atoms with Crippen LogP contribution in [0.25, 0.3) is 11.3 Å².